The van der Waals surface area contributed by atoms with E-state index in [2.05, 4.69) is 36.4 Å². The van der Waals surface area contributed by atoms with Crippen molar-refractivity contribution in [2.24, 2.45) is 0 Å². The fourth-order valence-corrected chi connectivity index (χ4v) is 3.68. The van der Waals surface area contributed by atoms with Gasteiger partial charge < -0.3 is 14.5 Å². The Hall–Kier alpha value is -3.58. The number of hydrogen-bond acceptors (Lipinski definition) is 4. The van der Waals surface area contributed by atoms with Crippen molar-refractivity contribution in [1.82, 2.24) is 9.78 Å². The van der Waals surface area contributed by atoms with Gasteiger partial charge >= 0.3 is 0 Å². The maximum absolute atomic E-state index is 13.1. The quantitative estimate of drug-likeness (QED) is 0.308. The highest BCUT2D eigenvalue weighted by atomic mass is 35.5. The van der Waals surface area contributed by atoms with Gasteiger partial charge in [0.25, 0.3) is 5.91 Å². The first-order valence-electron chi connectivity index (χ1n) is 10.9. The van der Waals surface area contributed by atoms with Gasteiger partial charge in [0, 0.05) is 6.20 Å². The zero-order chi connectivity index (χ0) is 24.2. The summed E-state index contributed by atoms with van der Waals surface area (Å²) in [5, 5.41) is 7.25. The summed E-state index contributed by atoms with van der Waals surface area (Å²) in [6, 6.07) is 15.5. The van der Waals surface area contributed by atoms with Crippen LogP contribution in [0.2, 0.25) is 5.02 Å². The number of carbonyl (C=O) groups excluding carboxylic acids is 1. The average molecular weight is 482 g/mol. The number of rotatable bonds is 8. The molecule has 0 unspecified atom stereocenters. The third kappa shape index (κ3) is 5.66. The predicted octanol–water partition coefficient (Wildman–Crippen LogP) is 6.58. The van der Waals surface area contributed by atoms with Crippen molar-refractivity contribution in [2.45, 2.75) is 39.8 Å². The fraction of sp³-hybridized carbons (Fsp3) is 0.231. The van der Waals surface area contributed by atoms with Crippen molar-refractivity contribution in [3.8, 4) is 5.75 Å². The summed E-state index contributed by atoms with van der Waals surface area (Å²) in [6.07, 6.45) is 1.59. The molecule has 0 aliphatic carbocycles. The molecular formula is C26H25ClFN3O3. The fourth-order valence-electron chi connectivity index (χ4n) is 3.48. The number of aromatic nitrogens is 2. The van der Waals surface area contributed by atoms with Gasteiger partial charge in [-0.1, -0.05) is 49.7 Å². The van der Waals surface area contributed by atoms with Crippen molar-refractivity contribution < 1.29 is 18.3 Å². The van der Waals surface area contributed by atoms with Gasteiger partial charge in [0.15, 0.2) is 11.6 Å². The lowest BCUT2D eigenvalue weighted by Gasteiger charge is -2.14. The second-order valence-corrected chi connectivity index (χ2v) is 8.76. The van der Waals surface area contributed by atoms with E-state index in [0.717, 1.165) is 22.4 Å². The van der Waals surface area contributed by atoms with E-state index in [0.29, 0.717) is 18.2 Å². The summed E-state index contributed by atoms with van der Waals surface area (Å²) in [5.74, 6) is 1.20. The molecule has 0 fully saturated rings. The van der Waals surface area contributed by atoms with Crippen LogP contribution in [-0.4, -0.2) is 15.7 Å². The Labute approximate surface area is 202 Å². The summed E-state index contributed by atoms with van der Waals surface area (Å²) < 4.78 is 26.3. The molecular weight excluding hydrogens is 457 g/mol. The molecule has 2 heterocycles. The molecule has 8 heteroatoms. The van der Waals surface area contributed by atoms with Crippen LogP contribution in [0.5, 0.6) is 5.75 Å². The number of nitrogens with zero attached hydrogens (tertiary/aromatic N) is 2. The molecule has 2 aromatic heterocycles. The van der Waals surface area contributed by atoms with E-state index in [-0.39, 0.29) is 29.0 Å². The Bertz CT molecular complexity index is 1300. The molecule has 0 spiro atoms. The first-order chi connectivity index (χ1) is 16.3. The molecule has 0 aliphatic heterocycles. The Balaban J connectivity index is 1.39. The third-order valence-electron chi connectivity index (χ3n) is 5.25. The molecule has 176 valence electrons. The molecule has 1 N–H and O–H groups in total. The molecule has 34 heavy (non-hydrogen) atoms. The molecule has 0 saturated carbocycles. The van der Waals surface area contributed by atoms with E-state index in [4.69, 9.17) is 20.8 Å². The van der Waals surface area contributed by atoms with Gasteiger partial charge in [0.05, 0.1) is 6.54 Å². The van der Waals surface area contributed by atoms with E-state index in [1.807, 2.05) is 13.0 Å². The maximum Gasteiger partial charge on any atom is 0.292 e. The van der Waals surface area contributed by atoms with Crippen LogP contribution in [0.15, 0.2) is 65.2 Å². The number of halogens is 2. The number of anilines is 1. The second-order valence-electron chi connectivity index (χ2n) is 8.35. The van der Waals surface area contributed by atoms with E-state index in [1.165, 1.54) is 12.1 Å². The zero-order valence-corrected chi connectivity index (χ0v) is 19.9. The molecule has 0 saturated heterocycles. The van der Waals surface area contributed by atoms with Crippen molar-refractivity contribution in [3.05, 3.63) is 99.8 Å². The summed E-state index contributed by atoms with van der Waals surface area (Å²) in [6.45, 7) is 6.81. The van der Waals surface area contributed by atoms with Crippen LogP contribution in [-0.2, 0) is 13.2 Å². The lowest BCUT2D eigenvalue weighted by Crippen LogP contribution is -2.12. The van der Waals surface area contributed by atoms with Gasteiger partial charge in [0.2, 0.25) is 0 Å². The summed E-state index contributed by atoms with van der Waals surface area (Å²) >= 11 is 6.24. The van der Waals surface area contributed by atoms with Gasteiger partial charge in [-0.3, -0.25) is 9.48 Å². The number of ether oxygens (including phenoxy) is 1. The van der Waals surface area contributed by atoms with Crippen molar-refractivity contribution >= 4 is 23.3 Å². The number of amides is 1. The monoisotopic (exact) mass is 481 g/mol. The molecule has 0 atom stereocenters. The van der Waals surface area contributed by atoms with Crippen LogP contribution in [0, 0.1) is 12.7 Å². The summed E-state index contributed by atoms with van der Waals surface area (Å²) in [5.41, 5.74) is 3.07. The smallest absolute Gasteiger partial charge is 0.292 e. The number of nitrogens with one attached hydrogen (secondary N) is 1. The molecule has 0 aliphatic rings. The normalized spacial score (nSPS) is 11.1. The molecule has 6 nitrogen and oxygen atoms in total. The van der Waals surface area contributed by atoms with Crippen molar-refractivity contribution in [1.29, 1.82) is 0 Å². The number of furan rings is 1. The molecule has 4 aromatic rings. The minimum atomic E-state index is -0.474. The maximum atomic E-state index is 13.1. The largest absolute Gasteiger partial charge is 0.485 e. The Morgan fingerprint density at radius 2 is 1.94 bits per heavy atom. The van der Waals surface area contributed by atoms with Gasteiger partial charge in [-0.25, -0.2) is 4.39 Å². The predicted molar refractivity (Wildman–Crippen MR) is 129 cm³/mol. The Morgan fingerprint density at radius 3 is 2.68 bits per heavy atom. The molecule has 0 bridgehead atoms. The third-order valence-corrected chi connectivity index (χ3v) is 5.53. The van der Waals surface area contributed by atoms with E-state index in [1.54, 1.807) is 35.1 Å². The number of benzene rings is 2. The standard InChI is InChI=1S/C26H25ClFN3O3/c1-16(2)21-10-4-17(3)12-24(21)33-15-20-9-11-23(34-20)26(32)29-25-22(27)14-31(30-25)13-18-5-7-19(28)8-6-18/h4-12,14,16H,13,15H2,1-3H3,(H,29,30,32). The highest BCUT2D eigenvalue weighted by molar-refractivity contribution is 6.33. The molecule has 0 radical (unpaired) electrons. The first-order valence-corrected chi connectivity index (χ1v) is 11.3. The van der Waals surface area contributed by atoms with Crippen LogP contribution in [0.1, 0.15) is 52.8 Å². The Kier molecular flexibility index (Phi) is 7.03. The summed E-state index contributed by atoms with van der Waals surface area (Å²) in [7, 11) is 0. The van der Waals surface area contributed by atoms with Crippen LogP contribution >= 0.6 is 11.6 Å². The highest BCUT2D eigenvalue weighted by Gasteiger charge is 2.17. The number of carbonyl (C=O) groups is 1. The minimum absolute atomic E-state index is 0.121. The lowest BCUT2D eigenvalue weighted by atomic mass is 10.0. The number of aryl methyl sites for hydroxylation is 1. The topological polar surface area (TPSA) is 69.3 Å². The van der Waals surface area contributed by atoms with Crippen molar-refractivity contribution in [2.75, 3.05) is 5.32 Å². The molecule has 2 aromatic carbocycles. The Morgan fingerprint density at radius 1 is 1.18 bits per heavy atom. The molecule has 1 amide bonds. The van der Waals surface area contributed by atoms with E-state index in [9.17, 15) is 9.18 Å². The van der Waals surface area contributed by atoms with Crippen LogP contribution in [0.25, 0.3) is 0 Å². The lowest BCUT2D eigenvalue weighted by molar-refractivity contribution is 0.0992. The summed E-state index contributed by atoms with van der Waals surface area (Å²) in [4.78, 5) is 12.7. The SMILES string of the molecule is Cc1ccc(C(C)C)c(OCc2ccc(C(=O)Nc3nn(Cc4ccc(F)cc4)cc3Cl)o2)c1. The second kappa shape index (κ2) is 10.1. The van der Waals surface area contributed by atoms with Gasteiger partial charge in [-0.15, -0.1) is 0 Å². The van der Waals surface area contributed by atoms with Crippen LogP contribution in [0.3, 0.4) is 0 Å². The highest BCUT2D eigenvalue weighted by Crippen LogP contribution is 2.28. The van der Waals surface area contributed by atoms with E-state index < -0.39 is 5.91 Å². The number of hydrogen-bond donors (Lipinski definition) is 1. The van der Waals surface area contributed by atoms with E-state index >= 15 is 0 Å². The van der Waals surface area contributed by atoms with Crippen LogP contribution < -0.4 is 10.1 Å². The van der Waals surface area contributed by atoms with Gasteiger partial charge in [-0.05, 0) is 59.9 Å². The van der Waals surface area contributed by atoms with Gasteiger partial charge in [-0.2, -0.15) is 5.10 Å². The zero-order valence-electron chi connectivity index (χ0n) is 19.1. The average Bonchev–Trinajstić information content (AvgIpc) is 3.40. The first kappa shape index (κ1) is 23.6. The molecule has 4 rings (SSSR count). The van der Waals surface area contributed by atoms with Crippen LogP contribution in [0.4, 0.5) is 10.2 Å². The minimum Gasteiger partial charge on any atom is -0.485 e. The van der Waals surface area contributed by atoms with Crippen molar-refractivity contribution in [3.63, 3.8) is 0 Å². The van der Waals surface area contributed by atoms with Gasteiger partial charge in [0.1, 0.15) is 29.0 Å².